The molecule has 0 radical (unpaired) electrons. The number of nitro groups is 1. The second-order valence-corrected chi connectivity index (χ2v) is 4.46. The molecule has 0 amide bonds. The highest BCUT2D eigenvalue weighted by molar-refractivity contribution is 5.68. The van der Waals surface area contributed by atoms with E-state index in [2.05, 4.69) is 5.32 Å². The molecular weight excluding hydrogens is 248 g/mol. The van der Waals surface area contributed by atoms with Crippen LogP contribution in [0.3, 0.4) is 0 Å². The van der Waals surface area contributed by atoms with Crippen molar-refractivity contribution in [2.24, 2.45) is 0 Å². The summed E-state index contributed by atoms with van der Waals surface area (Å²) >= 11 is 0. The molecule has 6 heteroatoms. The molecule has 1 aliphatic rings. The van der Waals surface area contributed by atoms with Gasteiger partial charge in [-0.3, -0.25) is 10.1 Å². The van der Waals surface area contributed by atoms with Crippen LogP contribution < -0.4 is 10.1 Å². The van der Waals surface area contributed by atoms with Gasteiger partial charge in [0, 0.05) is 6.61 Å². The Labute approximate surface area is 111 Å². The van der Waals surface area contributed by atoms with Crippen LogP contribution in [-0.4, -0.2) is 30.8 Å². The summed E-state index contributed by atoms with van der Waals surface area (Å²) in [6.07, 6.45) is 1.67. The highest BCUT2D eigenvalue weighted by atomic mass is 16.6. The number of nitrogens with zero attached hydrogens (tertiary/aromatic N) is 1. The molecule has 1 aliphatic heterocycles. The Kier molecular flexibility index (Phi) is 4.57. The minimum atomic E-state index is -0.400. The first-order chi connectivity index (χ1) is 9.22. The third kappa shape index (κ3) is 3.35. The van der Waals surface area contributed by atoms with Crippen molar-refractivity contribution in [1.82, 2.24) is 0 Å². The quantitative estimate of drug-likeness (QED) is 0.632. The van der Waals surface area contributed by atoms with Crippen LogP contribution in [0.1, 0.15) is 19.8 Å². The van der Waals surface area contributed by atoms with Crippen molar-refractivity contribution in [3.63, 3.8) is 0 Å². The number of nitro benzene ring substituents is 1. The van der Waals surface area contributed by atoms with Crippen LogP contribution in [0.2, 0.25) is 0 Å². The summed E-state index contributed by atoms with van der Waals surface area (Å²) in [6.45, 7) is 3.70. The summed E-state index contributed by atoms with van der Waals surface area (Å²) in [5, 5.41) is 14.4. The molecular formula is C13H18N2O4. The molecule has 1 aromatic rings. The first kappa shape index (κ1) is 13.6. The second kappa shape index (κ2) is 6.38. The number of benzene rings is 1. The minimum absolute atomic E-state index is 0.00264. The predicted octanol–water partition coefficient (Wildman–Crippen LogP) is 2.58. The molecule has 6 nitrogen and oxygen atoms in total. The van der Waals surface area contributed by atoms with E-state index in [-0.39, 0.29) is 11.7 Å². The normalized spacial score (nSPS) is 18.3. The minimum Gasteiger partial charge on any atom is -0.487 e. The maximum absolute atomic E-state index is 11.2. The molecule has 2 rings (SSSR count). The lowest BCUT2D eigenvalue weighted by atomic mass is 10.2. The van der Waals surface area contributed by atoms with Gasteiger partial charge < -0.3 is 14.8 Å². The smallest absolute Gasteiger partial charge is 0.333 e. The maximum Gasteiger partial charge on any atom is 0.333 e. The number of hydrogen-bond donors (Lipinski definition) is 1. The van der Waals surface area contributed by atoms with E-state index < -0.39 is 4.92 Å². The lowest BCUT2D eigenvalue weighted by Crippen LogP contribution is -2.19. The maximum atomic E-state index is 11.2. The molecule has 1 saturated heterocycles. The van der Waals surface area contributed by atoms with E-state index in [9.17, 15) is 10.1 Å². The van der Waals surface area contributed by atoms with Gasteiger partial charge in [0.15, 0.2) is 5.75 Å². The van der Waals surface area contributed by atoms with Crippen LogP contribution in [0, 0.1) is 10.1 Å². The van der Waals surface area contributed by atoms with Crippen LogP contribution in [0.5, 0.6) is 5.75 Å². The predicted molar refractivity (Wildman–Crippen MR) is 71.7 cm³/mol. The van der Waals surface area contributed by atoms with Crippen LogP contribution in [0.15, 0.2) is 18.2 Å². The van der Waals surface area contributed by atoms with Crippen LogP contribution in [-0.2, 0) is 4.74 Å². The van der Waals surface area contributed by atoms with Gasteiger partial charge in [0.05, 0.1) is 24.2 Å². The lowest BCUT2D eigenvalue weighted by Gasteiger charge is -2.14. The van der Waals surface area contributed by atoms with Crippen molar-refractivity contribution in [1.29, 1.82) is 0 Å². The monoisotopic (exact) mass is 266 g/mol. The number of hydrogen-bond acceptors (Lipinski definition) is 5. The second-order valence-electron chi connectivity index (χ2n) is 4.46. The summed E-state index contributed by atoms with van der Waals surface area (Å²) in [4.78, 5) is 10.8. The first-order valence-electron chi connectivity index (χ1n) is 6.47. The Hall–Kier alpha value is -1.82. The molecule has 0 aromatic heterocycles. The molecule has 19 heavy (non-hydrogen) atoms. The summed E-state index contributed by atoms with van der Waals surface area (Å²) in [5.41, 5.74) is 0.497. The Morgan fingerprint density at radius 3 is 3.05 bits per heavy atom. The van der Waals surface area contributed by atoms with Gasteiger partial charge in [0.2, 0.25) is 0 Å². The van der Waals surface area contributed by atoms with Gasteiger partial charge in [-0.15, -0.1) is 0 Å². The topological polar surface area (TPSA) is 73.6 Å². The lowest BCUT2D eigenvalue weighted by molar-refractivity contribution is -0.385. The van der Waals surface area contributed by atoms with E-state index >= 15 is 0 Å². The van der Waals surface area contributed by atoms with Crippen LogP contribution in [0.25, 0.3) is 0 Å². The molecule has 1 N–H and O–H groups in total. The molecule has 1 aromatic carbocycles. The zero-order valence-corrected chi connectivity index (χ0v) is 10.9. The molecule has 1 heterocycles. The van der Waals surface area contributed by atoms with Gasteiger partial charge in [-0.05, 0) is 25.0 Å². The van der Waals surface area contributed by atoms with Gasteiger partial charge in [-0.1, -0.05) is 13.0 Å². The Bertz CT molecular complexity index is 444. The van der Waals surface area contributed by atoms with Gasteiger partial charge in [-0.2, -0.15) is 0 Å². The van der Waals surface area contributed by atoms with Crippen molar-refractivity contribution in [3.05, 3.63) is 28.3 Å². The number of para-hydroxylation sites is 1. The summed E-state index contributed by atoms with van der Waals surface area (Å²) < 4.78 is 10.7. The van der Waals surface area contributed by atoms with E-state index in [4.69, 9.17) is 9.47 Å². The highest BCUT2D eigenvalue weighted by Crippen LogP contribution is 2.35. The zero-order valence-electron chi connectivity index (χ0n) is 10.9. The fraction of sp³-hybridized carbons (Fsp3) is 0.538. The molecule has 1 atom stereocenters. The highest BCUT2D eigenvalue weighted by Gasteiger charge is 2.24. The van der Waals surface area contributed by atoms with E-state index in [0.29, 0.717) is 31.3 Å². The van der Waals surface area contributed by atoms with Crippen molar-refractivity contribution in [3.8, 4) is 5.75 Å². The fourth-order valence-electron chi connectivity index (χ4n) is 2.02. The average Bonchev–Trinajstić information content (AvgIpc) is 2.89. The first-order valence-corrected chi connectivity index (χ1v) is 6.47. The summed E-state index contributed by atoms with van der Waals surface area (Å²) in [7, 11) is 0. The SMILES string of the molecule is CCCOc1cccc(NC2CCOC2)c1[N+](=O)[O-]. The molecule has 1 unspecified atom stereocenters. The number of ether oxygens (including phenoxy) is 2. The van der Waals surface area contributed by atoms with E-state index in [0.717, 1.165) is 12.8 Å². The Morgan fingerprint density at radius 1 is 1.58 bits per heavy atom. The van der Waals surface area contributed by atoms with Gasteiger partial charge in [0.1, 0.15) is 5.69 Å². The Morgan fingerprint density at radius 2 is 2.42 bits per heavy atom. The molecule has 0 saturated carbocycles. The van der Waals surface area contributed by atoms with Crippen molar-refractivity contribution < 1.29 is 14.4 Å². The van der Waals surface area contributed by atoms with Gasteiger partial charge in [0.25, 0.3) is 0 Å². The largest absolute Gasteiger partial charge is 0.487 e. The number of anilines is 1. The third-order valence-electron chi connectivity index (χ3n) is 2.93. The Balaban J connectivity index is 2.22. The van der Waals surface area contributed by atoms with Gasteiger partial charge >= 0.3 is 5.69 Å². The van der Waals surface area contributed by atoms with Crippen LogP contribution in [0.4, 0.5) is 11.4 Å². The molecule has 0 spiro atoms. The van der Waals surface area contributed by atoms with E-state index in [1.54, 1.807) is 18.2 Å². The summed E-state index contributed by atoms with van der Waals surface area (Å²) in [6, 6.07) is 5.22. The number of rotatable bonds is 6. The van der Waals surface area contributed by atoms with Crippen LogP contribution >= 0.6 is 0 Å². The molecule has 0 aliphatic carbocycles. The molecule has 104 valence electrons. The standard InChI is InChI=1S/C13H18N2O4/c1-2-7-19-12-5-3-4-11(13(12)15(16)17)14-10-6-8-18-9-10/h3-5,10,14H,2,6-9H2,1H3. The van der Waals surface area contributed by atoms with Crippen molar-refractivity contribution in [2.75, 3.05) is 25.1 Å². The third-order valence-corrected chi connectivity index (χ3v) is 2.93. The fourth-order valence-corrected chi connectivity index (χ4v) is 2.02. The van der Waals surface area contributed by atoms with E-state index in [1.807, 2.05) is 6.92 Å². The van der Waals surface area contributed by atoms with E-state index in [1.165, 1.54) is 0 Å². The zero-order chi connectivity index (χ0) is 13.7. The molecule has 1 fully saturated rings. The summed E-state index contributed by atoms with van der Waals surface area (Å²) in [5.74, 6) is 0.316. The van der Waals surface area contributed by atoms with Gasteiger partial charge in [-0.25, -0.2) is 0 Å². The van der Waals surface area contributed by atoms with Crippen molar-refractivity contribution in [2.45, 2.75) is 25.8 Å². The molecule has 0 bridgehead atoms. The number of nitrogens with one attached hydrogen (secondary N) is 1. The average molecular weight is 266 g/mol. The van der Waals surface area contributed by atoms with Crippen molar-refractivity contribution >= 4 is 11.4 Å².